The van der Waals surface area contributed by atoms with Crippen LogP contribution in [0.3, 0.4) is 0 Å². The number of nitrogens with zero attached hydrogens (tertiary/aromatic N) is 2. The van der Waals surface area contributed by atoms with Crippen molar-refractivity contribution in [2.45, 2.75) is 26.4 Å². The van der Waals surface area contributed by atoms with Crippen molar-refractivity contribution in [3.05, 3.63) is 51.0 Å². The fourth-order valence-corrected chi connectivity index (χ4v) is 2.83. The Morgan fingerprint density at radius 1 is 1.45 bits per heavy atom. The molecule has 0 saturated heterocycles. The van der Waals surface area contributed by atoms with Crippen LogP contribution in [0.25, 0.3) is 0 Å². The Hall–Kier alpha value is -0.910. The van der Waals surface area contributed by atoms with Crippen LogP contribution in [0.15, 0.2) is 28.9 Å². The molecule has 1 aromatic carbocycles. The SMILES string of the molecule is CCNC(c1cc(Br)ccc1F)c1c(Cl)cnn1CC. The van der Waals surface area contributed by atoms with Gasteiger partial charge in [-0.2, -0.15) is 5.10 Å². The number of nitrogens with one attached hydrogen (secondary N) is 1. The molecule has 0 fully saturated rings. The van der Waals surface area contributed by atoms with E-state index in [0.29, 0.717) is 23.7 Å². The van der Waals surface area contributed by atoms with Crippen molar-refractivity contribution in [1.29, 1.82) is 0 Å². The highest BCUT2D eigenvalue weighted by Crippen LogP contribution is 2.31. The Balaban J connectivity index is 2.56. The largest absolute Gasteiger partial charge is 0.305 e. The Morgan fingerprint density at radius 2 is 2.20 bits per heavy atom. The van der Waals surface area contributed by atoms with E-state index in [2.05, 4.69) is 26.3 Å². The molecule has 1 atom stereocenters. The van der Waals surface area contributed by atoms with Gasteiger partial charge in [0, 0.05) is 16.6 Å². The average Bonchev–Trinajstić information content (AvgIpc) is 2.80. The highest BCUT2D eigenvalue weighted by atomic mass is 79.9. The second kappa shape index (κ2) is 6.70. The fourth-order valence-electron chi connectivity index (χ4n) is 2.20. The number of aromatic nitrogens is 2. The summed E-state index contributed by atoms with van der Waals surface area (Å²) in [6.07, 6.45) is 1.60. The molecule has 2 rings (SSSR count). The van der Waals surface area contributed by atoms with Crippen LogP contribution in [0, 0.1) is 5.82 Å². The minimum Gasteiger partial charge on any atom is -0.305 e. The first kappa shape index (κ1) is 15.5. The monoisotopic (exact) mass is 359 g/mol. The highest BCUT2D eigenvalue weighted by molar-refractivity contribution is 9.10. The summed E-state index contributed by atoms with van der Waals surface area (Å²) in [6.45, 7) is 5.33. The maximum Gasteiger partial charge on any atom is 0.128 e. The lowest BCUT2D eigenvalue weighted by atomic mass is 10.0. The van der Waals surface area contributed by atoms with Gasteiger partial charge < -0.3 is 5.32 Å². The van der Waals surface area contributed by atoms with Gasteiger partial charge in [0.2, 0.25) is 0 Å². The second-order valence-corrected chi connectivity index (χ2v) is 5.67. The quantitative estimate of drug-likeness (QED) is 0.868. The van der Waals surface area contributed by atoms with Gasteiger partial charge in [-0.25, -0.2) is 4.39 Å². The molecule has 1 unspecified atom stereocenters. The van der Waals surface area contributed by atoms with Crippen LogP contribution in [-0.2, 0) is 6.54 Å². The molecule has 3 nitrogen and oxygen atoms in total. The number of hydrogen-bond donors (Lipinski definition) is 1. The third-order valence-corrected chi connectivity index (χ3v) is 3.87. The van der Waals surface area contributed by atoms with Crippen LogP contribution in [0.1, 0.15) is 31.1 Å². The van der Waals surface area contributed by atoms with Gasteiger partial charge in [-0.05, 0) is 31.7 Å². The molecule has 0 amide bonds. The second-order valence-electron chi connectivity index (χ2n) is 4.35. The van der Waals surface area contributed by atoms with E-state index in [0.717, 1.165) is 10.2 Å². The minimum absolute atomic E-state index is 0.265. The molecule has 0 saturated carbocycles. The molecule has 1 N–H and O–H groups in total. The highest BCUT2D eigenvalue weighted by Gasteiger charge is 2.23. The van der Waals surface area contributed by atoms with Crippen LogP contribution >= 0.6 is 27.5 Å². The van der Waals surface area contributed by atoms with Gasteiger partial charge in [0.25, 0.3) is 0 Å². The number of halogens is 3. The zero-order chi connectivity index (χ0) is 14.7. The van der Waals surface area contributed by atoms with Gasteiger partial charge in [-0.15, -0.1) is 0 Å². The van der Waals surface area contributed by atoms with Crippen molar-refractivity contribution in [2.24, 2.45) is 0 Å². The van der Waals surface area contributed by atoms with E-state index in [1.165, 1.54) is 6.07 Å². The van der Waals surface area contributed by atoms with E-state index in [4.69, 9.17) is 11.6 Å². The van der Waals surface area contributed by atoms with E-state index < -0.39 is 0 Å². The maximum absolute atomic E-state index is 14.2. The molecule has 0 aliphatic carbocycles. The summed E-state index contributed by atoms with van der Waals surface area (Å²) in [7, 11) is 0. The Morgan fingerprint density at radius 3 is 2.85 bits per heavy atom. The number of benzene rings is 1. The number of hydrogen-bond acceptors (Lipinski definition) is 2. The Kier molecular flexibility index (Phi) is 5.18. The smallest absolute Gasteiger partial charge is 0.128 e. The van der Waals surface area contributed by atoms with Crippen molar-refractivity contribution in [3.8, 4) is 0 Å². The third-order valence-electron chi connectivity index (χ3n) is 3.08. The maximum atomic E-state index is 14.2. The molecule has 0 bridgehead atoms. The minimum atomic E-state index is -0.326. The lowest BCUT2D eigenvalue weighted by molar-refractivity contribution is 0.515. The zero-order valence-corrected chi connectivity index (χ0v) is 13.7. The predicted octanol–water partition coefficient (Wildman–Crippen LogP) is 4.16. The van der Waals surface area contributed by atoms with Crippen molar-refractivity contribution < 1.29 is 4.39 Å². The predicted molar refractivity (Wildman–Crippen MR) is 82.5 cm³/mol. The molecule has 2 aromatic rings. The first-order valence-electron chi connectivity index (χ1n) is 6.48. The summed E-state index contributed by atoms with van der Waals surface area (Å²) in [5.74, 6) is -0.265. The van der Waals surface area contributed by atoms with Crippen molar-refractivity contribution in [1.82, 2.24) is 15.1 Å². The summed E-state index contributed by atoms with van der Waals surface area (Å²) in [5, 5.41) is 8.04. The molecule has 20 heavy (non-hydrogen) atoms. The summed E-state index contributed by atoms with van der Waals surface area (Å²) in [6, 6.07) is 4.57. The summed E-state index contributed by atoms with van der Waals surface area (Å²) in [4.78, 5) is 0. The van der Waals surface area contributed by atoms with Gasteiger partial charge in [-0.1, -0.05) is 34.5 Å². The first-order chi connectivity index (χ1) is 9.58. The van der Waals surface area contributed by atoms with E-state index in [9.17, 15) is 4.39 Å². The van der Waals surface area contributed by atoms with Gasteiger partial charge in [0.15, 0.2) is 0 Å². The lowest BCUT2D eigenvalue weighted by Crippen LogP contribution is -2.26. The summed E-state index contributed by atoms with van der Waals surface area (Å²) < 4.78 is 16.8. The molecule has 108 valence electrons. The van der Waals surface area contributed by atoms with Crippen LogP contribution in [0.5, 0.6) is 0 Å². The molecular formula is C14H16BrClFN3. The normalized spacial score (nSPS) is 12.7. The van der Waals surface area contributed by atoms with Crippen LogP contribution in [0.4, 0.5) is 4.39 Å². The van der Waals surface area contributed by atoms with E-state index in [1.807, 2.05) is 13.8 Å². The number of aryl methyl sites for hydroxylation is 1. The van der Waals surface area contributed by atoms with Crippen molar-refractivity contribution in [3.63, 3.8) is 0 Å². The van der Waals surface area contributed by atoms with Crippen molar-refractivity contribution in [2.75, 3.05) is 6.54 Å². The molecule has 1 aromatic heterocycles. The van der Waals surface area contributed by atoms with Crippen molar-refractivity contribution >= 4 is 27.5 Å². The van der Waals surface area contributed by atoms with Gasteiger partial charge in [-0.3, -0.25) is 4.68 Å². The van der Waals surface area contributed by atoms with Crippen LogP contribution < -0.4 is 5.32 Å². The summed E-state index contributed by atoms with van der Waals surface area (Å²) in [5.41, 5.74) is 1.34. The first-order valence-corrected chi connectivity index (χ1v) is 7.65. The summed E-state index contributed by atoms with van der Waals surface area (Å²) >= 11 is 9.62. The standard InChI is InChI=1S/C14H16BrClFN3/c1-3-18-13(10-7-9(15)5-6-12(10)17)14-11(16)8-19-20(14)4-2/h5-8,13,18H,3-4H2,1-2H3. The number of rotatable bonds is 5. The van der Waals surface area contributed by atoms with Gasteiger partial charge in [0.05, 0.1) is 23.0 Å². The lowest BCUT2D eigenvalue weighted by Gasteiger charge is -2.21. The fraction of sp³-hybridized carbons (Fsp3) is 0.357. The zero-order valence-electron chi connectivity index (χ0n) is 11.3. The molecule has 0 spiro atoms. The molecular weight excluding hydrogens is 345 g/mol. The van der Waals surface area contributed by atoms with Crippen LogP contribution in [-0.4, -0.2) is 16.3 Å². The Labute approximate surface area is 131 Å². The molecule has 0 radical (unpaired) electrons. The third kappa shape index (κ3) is 3.05. The Bertz CT molecular complexity index is 600. The van der Waals surface area contributed by atoms with Gasteiger partial charge >= 0.3 is 0 Å². The van der Waals surface area contributed by atoms with Crippen LogP contribution in [0.2, 0.25) is 5.02 Å². The molecule has 6 heteroatoms. The van der Waals surface area contributed by atoms with E-state index in [-0.39, 0.29) is 11.9 Å². The molecule has 0 aliphatic heterocycles. The van der Waals surface area contributed by atoms with Gasteiger partial charge in [0.1, 0.15) is 5.82 Å². The average molecular weight is 361 g/mol. The molecule has 0 aliphatic rings. The molecule has 1 heterocycles. The topological polar surface area (TPSA) is 29.9 Å². The van der Waals surface area contributed by atoms with E-state index >= 15 is 0 Å². The van der Waals surface area contributed by atoms with E-state index in [1.54, 1.807) is 23.0 Å².